The molecule has 3 N–H and O–H groups in total. The summed E-state index contributed by atoms with van der Waals surface area (Å²) in [4.78, 5) is 20.1. The molecule has 1 aliphatic carbocycles. The van der Waals surface area contributed by atoms with Crippen molar-refractivity contribution in [2.45, 2.75) is 31.6 Å². The molecule has 0 unspecified atom stereocenters. The molecular formula is C17H19N5O2. The van der Waals surface area contributed by atoms with Crippen LogP contribution >= 0.6 is 0 Å². The van der Waals surface area contributed by atoms with Crippen molar-refractivity contribution >= 4 is 29.2 Å². The van der Waals surface area contributed by atoms with Gasteiger partial charge in [0.1, 0.15) is 5.82 Å². The van der Waals surface area contributed by atoms with Crippen molar-refractivity contribution in [2.75, 3.05) is 12.3 Å². The lowest BCUT2D eigenvalue weighted by molar-refractivity contribution is -0.142. The quantitative estimate of drug-likeness (QED) is 0.899. The summed E-state index contributed by atoms with van der Waals surface area (Å²) < 4.78 is 1.65. The zero-order chi connectivity index (χ0) is 16.7. The molecule has 4 rings (SSSR count). The Hall–Kier alpha value is -2.70. The fraction of sp³-hybridized carbons (Fsp3) is 0.412. The van der Waals surface area contributed by atoms with Gasteiger partial charge in [-0.05, 0) is 25.7 Å². The summed E-state index contributed by atoms with van der Waals surface area (Å²) in [6, 6.07) is 1.87. The molecule has 7 heteroatoms. The summed E-state index contributed by atoms with van der Waals surface area (Å²) in [6.07, 6.45) is 8.68. The molecule has 0 amide bonds. The first-order chi connectivity index (χ1) is 11.6. The van der Waals surface area contributed by atoms with Crippen LogP contribution in [-0.2, 0) is 4.79 Å². The summed E-state index contributed by atoms with van der Waals surface area (Å²) in [5.74, 6) is -0.117. The first kappa shape index (κ1) is 14.9. The molecule has 1 saturated carbocycles. The standard InChI is InChI=1S/C17H19N5O2/c18-15-7-14(10-1-3-11(4-2-10)17(23)24)21-16-13(9-20-22(15)16)12-5-6-19-8-12/h5,7-11H,1-4,6,18H2,(H,23,24). The highest BCUT2D eigenvalue weighted by molar-refractivity contribution is 6.13. The minimum Gasteiger partial charge on any atom is -0.481 e. The maximum absolute atomic E-state index is 11.1. The molecule has 124 valence electrons. The molecule has 0 atom stereocenters. The Kier molecular flexibility index (Phi) is 3.55. The monoisotopic (exact) mass is 325 g/mol. The summed E-state index contributed by atoms with van der Waals surface area (Å²) in [5.41, 5.74) is 9.79. The van der Waals surface area contributed by atoms with E-state index in [1.807, 2.05) is 18.4 Å². The first-order valence-electron chi connectivity index (χ1n) is 8.21. The number of allylic oxidation sites excluding steroid dienone is 1. The Bertz CT molecular complexity index is 859. The number of aromatic nitrogens is 3. The van der Waals surface area contributed by atoms with E-state index >= 15 is 0 Å². The van der Waals surface area contributed by atoms with Gasteiger partial charge in [0, 0.05) is 35.0 Å². The van der Waals surface area contributed by atoms with Gasteiger partial charge in [0.05, 0.1) is 18.7 Å². The van der Waals surface area contributed by atoms with E-state index in [-0.39, 0.29) is 11.8 Å². The Balaban J connectivity index is 1.68. The molecule has 2 aromatic rings. The molecule has 0 aromatic carbocycles. The van der Waals surface area contributed by atoms with Crippen molar-refractivity contribution in [3.63, 3.8) is 0 Å². The smallest absolute Gasteiger partial charge is 0.306 e. The molecule has 2 aliphatic rings. The van der Waals surface area contributed by atoms with E-state index in [4.69, 9.17) is 15.8 Å². The van der Waals surface area contributed by atoms with E-state index < -0.39 is 5.97 Å². The van der Waals surface area contributed by atoms with Crippen LogP contribution < -0.4 is 5.73 Å². The largest absolute Gasteiger partial charge is 0.481 e. The van der Waals surface area contributed by atoms with Crippen LogP contribution in [0.4, 0.5) is 5.82 Å². The van der Waals surface area contributed by atoms with Gasteiger partial charge in [-0.2, -0.15) is 9.61 Å². The third-order valence-corrected chi connectivity index (χ3v) is 4.97. The average molecular weight is 325 g/mol. The SMILES string of the molecule is Nc1cc(C2CCC(C(=O)O)CC2)nc2c(C3=CCN=C3)cnn12. The summed E-state index contributed by atoms with van der Waals surface area (Å²) in [5, 5.41) is 13.5. The molecule has 1 aliphatic heterocycles. The predicted molar refractivity (Wildman–Crippen MR) is 91.1 cm³/mol. The Morgan fingerprint density at radius 2 is 2.08 bits per heavy atom. The van der Waals surface area contributed by atoms with Gasteiger partial charge in [-0.15, -0.1) is 0 Å². The predicted octanol–water partition coefficient (Wildman–Crippen LogP) is 2.14. The van der Waals surface area contributed by atoms with Gasteiger partial charge in [0.2, 0.25) is 0 Å². The van der Waals surface area contributed by atoms with Crippen LogP contribution in [-0.4, -0.2) is 38.4 Å². The van der Waals surface area contributed by atoms with Crippen molar-refractivity contribution in [1.29, 1.82) is 0 Å². The second kappa shape index (κ2) is 5.74. The van der Waals surface area contributed by atoms with Gasteiger partial charge < -0.3 is 10.8 Å². The fourth-order valence-corrected chi connectivity index (χ4v) is 3.59. The zero-order valence-corrected chi connectivity index (χ0v) is 13.2. The highest BCUT2D eigenvalue weighted by Gasteiger charge is 2.28. The van der Waals surface area contributed by atoms with Crippen molar-refractivity contribution < 1.29 is 9.90 Å². The number of fused-ring (bicyclic) bond motifs is 1. The minimum absolute atomic E-state index is 0.229. The maximum Gasteiger partial charge on any atom is 0.306 e. The van der Waals surface area contributed by atoms with Gasteiger partial charge in [-0.3, -0.25) is 9.79 Å². The number of rotatable bonds is 3. The van der Waals surface area contributed by atoms with E-state index in [1.165, 1.54) is 0 Å². The number of hydrogen-bond acceptors (Lipinski definition) is 5. The van der Waals surface area contributed by atoms with Crippen LogP contribution in [0.3, 0.4) is 0 Å². The lowest BCUT2D eigenvalue weighted by atomic mass is 9.80. The lowest BCUT2D eigenvalue weighted by Gasteiger charge is -2.25. The minimum atomic E-state index is -0.693. The molecule has 0 saturated heterocycles. The molecule has 3 heterocycles. The Morgan fingerprint density at radius 1 is 1.29 bits per heavy atom. The molecule has 24 heavy (non-hydrogen) atoms. The van der Waals surface area contributed by atoms with Crippen LogP contribution in [0.1, 0.15) is 42.9 Å². The third-order valence-electron chi connectivity index (χ3n) is 4.97. The number of anilines is 1. The number of aliphatic carboxylic acids is 1. The topological polar surface area (TPSA) is 106 Å². The number of carboxylic acid groups (broad SMARTS) is 1. The zero-order valence-electron chi connectivity index (χ0n) is 13.2. The summed E-state index contributed by atoms with van der Waals surface area (Å²) >= 11 is 0. The van der Waals surface area contributed by atoms with Crippen LogP contribution in [0.25, 0.3) is 11.2 Å². The van der Waals surface area contributed by atoms with Crippen LogP contribution in [0.15, 0.2) is 23.3 Å². The maximum atomic E-state index is 11.1. The van der Waals surface area contributed by atoms with Gasteiger partial charge >= 0.3 is 5.97 Å². The van der Waals surface area contributed by atoms with E-state index in [0.29, 0.717) is 25.2 Å². The molecule has 0 radical (unpaired) electrons. The molecule has 1 fully saturated rings. The number of nitrogen functional groups attached to an aromatic ring is 1. The number of carboxylic acids is 1. The number of carbonyl (C=O) groups is 1. The fourth-order valence-electron chi connectivity index (χ4n) is 3.59. The van der Waals surface area contributed by atoms with Crippen LogP contribution in [0, 0.1) is 5.92 Å². The Morgan fingerprint density at radius 3 is 2.75 bits per heavy atom. The Labute approximate surface area is 138 Å². The molecule has 0 bridgehead atoms. The molecular weight excluding hydrogens is 306 g/mol. The van der Waals surface area contributed by atoms with Crippen LogP contribution in [0.2, 0.25) is 0 Å². The summed E-state index contributed by atoms with van der Waals surface area (Å²) in [6.45, 7) is 0.682. The average Bonchev–Trinajstić information content (AvgIpc) is 3.24. The van der Waals surface area contributed by atoms with E-state index in [0.717, 1.165) is 35.3 Å². The molecule has 2 aromatic heterocycles. The van der Waals surface area contributed by atoms with E-state index in [2.05, 4.69) is 10.1 Å². The van der Waals surface area contributed by atoms with Crippen molar-refractivity contribution in [3.05, 3.63) is 29.6 Å². The third kappa shape index (κ3) is 2.46. The second-order valence-electron chi connectivity index (χ2n) is 6.44. The summed E-state index contributed by atoms with van der Waals surface area (Å²) in [7, 11) is 0. The second-order valence-corrected chi connectivity index (χ2v) is 6.44. The van der Waals surface area contributed by atoms with E-state index in [1.54, 1.807) is 10.7 Å². The highest BCUT2D eigenvalue weighted by atomic mass is 16.4. The number of aliphatic imine (C=N–C) groups is 1. The van der Waals surface area contributed by atoms with E-state index in [9.17, 15) is 4.79 Å². The van der Waals surface area contributed by atoms with Crippen molar-refractivity contribution in [3.8, 4) is 0 Å². The molecule has 0 spiro atoms. The number of hydrogen-bond donors (Lipinski definition) is 2. The molecule has 7 nitrogen and oxygen atoms in total. The van der Waals surface area contributed by atoms with Gasteiger partial charge in [-0.1, -0.05) is 6.08 Å². The number of nitrogens with zero attached hydrogens (tertiary/aromatic N) is 4. The van der Waals surface area contributed by atoms with Crippen molar-refractivity contribution in [1.82, 2.24) is 14.6 Å². The normalized spacial score (nSPS) is 23.6. The van der Waals surface area contributed by atoms with Gasteiger partial charge in [-0.25, -0.2) is 4.98 Å². The van der Waals surface area contributed by atoms with Gasteiger partial charge in [0.15, 0.2) is 5.65 Å². The highest BCUT2D eigenvalue weighted by Crippen LogP contribution is 2.36. The van der Waals surface area contributed by atoms with Crippen molar-refractivity contribution in [2.24, 2.45) is 10.9 Å². The number of nitrogens with two attached hydrogens (primary N) is 1. The van der Waals surface area contributed by atoms with Gasteiger partial charge in [0.25, 0.3) is 0 Å². The first-order valence-corrected chi connectivity index (χ1v) is 8.21. The lowest BCUT2D eigenvalue weighted by Crippen LogP contribution is -2.21. The van der Waals surface area contributed by atoms with Crippen LogP contribution in [0.5, 0.6) is 0 Å².